The van der Waals surface area contributed by atoms with Gasteiger partial charge < -0.3 is 18.8 Å². The average molecular weight is 445 g/mol. The molecule has 5 rings (SSSR count). The molecule has 1 saturated heterocycles. The molecular formula is C26H28N4O3. The smallest absolute Gasteiger partial charge is 0.332 e. The lowest BCUT2D eigenvalue weighted by Crippen LogP contribution is -2.40. The second-order valence-electron chi connectivity index (χ2n) is 8.53. The monoisotopic (exact) mass is 444 g/mol. The predicted molar refractivity (Wildman–Crippen MR) is 132 cm³/mol. The normalized spacial score (nSPS) is 14.2. The SMILES string of the molecule is CCn1c(=O)c(N2CCOCC2)cc2cc(-n3c(-c4ccc(C)cc4)cn(C)c3=O)ccc21. The number of pyridine rings is 1. The molecule has 1 aliphatic heterocycles. The molecular weight excluding hydrogens is 416 g/mol. The third kappa shape index (κ3) is 3.68. The molecule has 0 saturated carbocycles. The summed E-state index contributed by atoms with van der Waals surface area (Å²) in [5.41, 5.74) is 5.21. The van der Waals surface area contributed by atoms with E-state index in [2.05, 4.69) is 4.90 Å². The van der Waals surface area contributed by atoms with Crippen LogP contribution in [0.1, 0.15) is 12.5 Å². The van der Waals surface area contributed by atoms with Gasteiger partial charge in [-0.05, 0) is 38.1 Å². The summed E-state index contributed by atoms with van der Waals surface area (Å²) in [4.78, 5) is 28.4. The van der Waals surface area contributed by atoms with E-state index in [1.807, 2.05) is 68.6 Å². The Kier molecular flexibility index (Phi) is 5.42. The van der Waals surface area contributed by atoms with Gasteiger partial charge >= 0.3 is 5.69 Å². The van der Waals surface area contributed by atoms with Crippen LogP contribution in [-0.2, 0) is 18.3 Å². The van der Waals surface area contributed by atoms with Crippen molar-refractivity contribution in [1.29, 1.82) is 0 Å². The Bertz CT molecular complexity index is 1440. The lowest BCUT2D eigenvalue weighted by atomic mass is 10.1. The van der Waals surface area contributed by atoms with Crippen LogP contribution in [0.4, 0.5) is 5.69 Å². The highest BCUT2D eigenvalue weighted by atomic mass is 16.5. The molecule has 4 aromatic rings. The summed E-state index contributed by atoms with van der Waals surface area (Å²) in [5, 5.41) is 0.932. The van der Waals surface area contributed by atoms with E-state index in [-0.39, 0.29) is 11.2 Å². The van der Waals surface area contributed by atoms with Crippen molar-refractivity contribution in [1.82, 2.24) is 13.7 Å². The van der Waals surface area contributed by atoms with E-state index in [1.165, 1.54) is 5.56 Å². The molecule has 2 aromatic heterocycles. The third-order valence-electron chi connectivity index (χ3n) is 6.38. The number of morpholine rings is 1. The molecule has 0 bridgehead atoms. The quantitative estimate of drug-likeness (QED) is 0.485. The van der Waals surface area contributed by atoms with Crippen LogP contribution in [0.2, 0.25) is 0 Å². The summed E-state index contributed by atoms with van der Waals surface area (Å²) in [6.45, 7) is 7.22. The van der Waals surface area contributed by atoms with E-state index in [1.54, 1.807) is 20.7 Å². The first-order chi connectivity index (χ1) is 16.0. The van der Waals surface area contributed by atoms with Crippen molar-refractivity contribution in [2.75, 3.05) is 31.2 Å². The van der Waals surface area contributed by atoms with Crippen molar-refractivity contribution in [3.63, 3.8) is 0 Å². The maximum atomic E-state index is 13.2. The van der Waals surface area contributed by atoms with E-state index in [4.69, 9.17) is 4.74 Å². The molecule has 7 nitrogen and oxygen atoms in total. The minimum absolute atomic E-state index is 0.0110. The zero-order valence-electron chi connectivity index (χ0n) is 19.2. The number of hydrogen-bond donors (Lipinski definition) is 0. The molecule has 0 amide bonds. The van der Waals surface area contributed by atoms with Crippen molar-refractivity contribution in [2.24, 2.45) is 7.05 Å². The second kappa shape index (κ2) is 8.41. The van der Waals surface area contributed by atoms with Crippen LogP contribution in [0.3, 0.4) is 0 Å². The van der Waals surface area contributed by atoms with Gasteiger partial charge in [-0.3, -0.25) is 9.36 Å². The Labute approximate surface area is 192 Å². The van der Waals surface area contributed by atoms with Gasteiger partial charge in [0.2, 0.25) is 0 Å². The molecule has 0 radical (unpaired) electrons. The number of fused-ring (bicyclic) bond motifs is 1. The van der Waals surface area contributed by atoms with Gasteiger partial charge in [-0.25, -0.2) is 4.79 Å². The number of benzene rings is 2. The van der Waals surface area contributed by atoms with E-state index in [9.17, 15) is 9.59 Å². The first kappa shape index (κ1) is 21.3. The van der Waals surface area contributed by atoms with Crippen LogP contribution in [0, 0.1) is 6.92 Å². The van der Waals surface area contributed by atoms with E-state index in [0.717, 1.165) is 27.8 Å². The minimum Gasteiger partial charge on any atom is -0.378 e. The number of rotatable bonds is 4. The molecule has 3 heterocycles. The van der Waals surface area contributed by atoms with Gasteiger partial charge in [0.1, 0.15) is 5.69 Å². The minimum atomic E-state index is -0.109. The fraction of sp³-hybridized carbons (Fsp3) is 0.308. The lowest BCUT2D eigenvalue weighted by Gasteiger charge is -2.29. The molecule has 0 N–H and O–H groups in total. The predicted octanol–water partition coefficient (Wildman–Crippen LogP) is 3.32. The van der Waals surface area contributed by atoms with Crippen LogP contribution in [0.25, 0.3) is 27.8 Å². The molecule has 1 fully saturated rings. The molecule has 0 spiro atoms. The van der Waals surface area contributed by atoms with Crippen LogP contribution >= 0.6 is 0 Å². The molecule has 0 aliphatic carbocycles. The summed E-state index contributed by atoms with van der Waals surface area (Å²) in [5.74, 6) is 0. The summed E-state index contributed by atoms with van der Waals surface area (Å²) < 4.78 is 10.6. The summed E-state index contributed by atoms with van der Waals surface area (Å²) in [7, 11) is 1.77. The van der Waals surface area contributed by atoms with E-state index >= 15 is 0 Å². The number of aromatic nitrogens is 3. The molecule has 0 atom stereocenters. The van der Waals surface area contributed by atoms with Crippen molar-refractivity contribution >= 4 is 16.6 Å². The maximum Gasteiger partial charge on any atom is 0.332 e. The number of ether oxygens (including phenoxy) is 1. The molecule has 33 heavy (non-hydrogen) atoms. The van der Waals surface area contributed by atoms with Crippen LogP contribution < -0.4 is 16.1 Å². The lowest BCUT2D eigenvalue weighted by molar-refractivity contribution is 0.122. The summed E-state index contributed by atoms with van der Waals surface area (Å²) >= 11 is 0. The molecule has 0 unspecified atom stereocenters. The fourth-order valence-electron chi connectivity index (χ4n) is 4.58. The van der Waals surface area contributed by atoms with Gasteiger partial charge in [0.05, 0.1) is 30.1 Å². The molecule has 170 valence electrons. The van der Waals surface area contributed by atoms with Gasteiger partial charge in [-0.2, -0.15) is 0 Å². The van der Waals surface area contributed by atoms with Crippen molar-refractivity contribution in [3.8, 4) is 16.9 Å². The van der Waals surface area contributed by atoms with Gasteiger partial charge in [0, 0.05) is 43.8 Å². The number of imidazole rings is 1. The van der Waals surface area contributed by atoms with Crippen molar-refractivity contribution in [2.45, 2.75) is 20.4 Å². The Balaban J connectivity index is 1.71. The van der Waals surface area contributed by atoms with Gasteiger partial charge in [-0.15, -0.1) is 0 Å². The fourth-order valence-corrected chi connectivity index (χ4v) is 4.58. The van der Waals surface area contributed by atoms with Crippen molar-refractivity contribution in [3.05, 3.63) is 81.1 Å². The maximum absolute atomic E-state index is 13.2. The largest absolute Gasteiger partial charge is 0.378 e. The highest BCUT2D eigenvalue weighted by molar-refractivity contribution is 5.85. The zero-order valence-corrected chi connectivity index (χ0v) is 19.2. The molecule has 2 aromatic carbocycles. The van der Waals surface area contributed by atoms with Crippen LogP contribution in [-0.4, -0.2) is 40.0 Å². The molecule has 7 heteroatoms. The van der Waals surface area contributed by atoms with Crippen molar-refractivity contribution < 1.29 is 4.74 Å². The topological polar surface area (TPSA) is 61.4 Å². The zero-order chi connectivity index (χ0) is 23.1. The van der Waals surface area contributed by atoms with Gasteiger partial charge in [0.15, 0.2) is 0 Å². The standard InChI is InChI=1S/C26H28N4O3/c1-4-29-22-10-9-21(15-20(22)16-23(25(29)31)28-11-13-33-14-12-28)30-24(17-27(3)26(30)32)19-7-5-18(2)6-8-19/h5-10,15-17H,4,11-14H2,1-3H3. The summed E-state index contributed by atoms with van der Waals surface area (Å²) in [6.07, 6.45) is 1.86. The number of anilines is 1. The first-order valence-corrected chi connectivity index (χ1v) is 11.3. The Morgan fingerprint density at radius 3 is 2.39 bits per heavy atom. The van der Waals surface area contributed by atoms with E-state index in [0.29, 0.717) is 38.5 Å². The number of nitrogens with zero attached hydrogens (tertiary/aromatic N) is 4. The number of aryl methyl sites for hydroxylation is 3. The van der Waals surface area contributed by atoms with E-state index < -0.39 is 0 Å². The second-order valence-corrected chi connectivity index (χ2v) is 8.53. The average Bonchev–Trinajstić information content (AvgIpc) is 3.13. The van der Waals surface area contributed by atoms with Crippen LogP contribution in [0.15, 0.2) is 64.3 Å². The summed E-state index contributed by atoms with van der Waals surface area (Å²) in [6, 6.07) is 16.0. The van der Waals surface area contributed by atoms with Gasteiger partial charge in [0.25, 0.3) is 5.56 Å². The first-order valence-electron chi connectivity index (χ1n) is 11.3. The Morgan fingerprint density at radius 1 is 0.970 bits per heavy atom. The number of hydrogen-bond acceptors (Lipinski definition) is 4. The van der Waals surface area contributed by atoms with Gasteiger partial charge in [-0.1, -0.05) is 29.8 Å². The Hall–Kier alpha value is -3.58. The highest BCUT2D eigenvalue weighted by Gasteiger charge is 2.19. The molecule has 1 aliphatic rings. The van der Waals surface area contributed by atoms with Crippen LogP contribution in [0.5, 0.6) is 0 Å². The third-order valence-corrected chi connectivity index (χ3v) is 6.38. The highest BCUT2D eigenvalue weighted by Crippen LogP contribution is 2.26. The Morgan fingerprint density at radius 2 is 1.70 bits per heavy atom.